The van der Waals surface area contributed by atoms with Gasteiger partial charge in [-0.15, -0.1) is 0 Å². The lowest BCUT2D eigenvalue weighted by Crippen LogP contribution is -2.29. The molecule has 2 radical (unpaired) electrons. The predicted octanol–water partition coefficient (Wildman–Crippen LogP) is 4.22. The molecule has 1 heterocycles. The topological polar surface area (TPSA) is 17.3 Å². The van der Waals surface area contributed by atoms with Crippen LogP contribution in [0.3, 0.4) is 0 Å². The zero-order valence-electron chi connectivity index (χ0n) is 15.1. The summed E-state index contributed by atoms with van der Waals surface area (Å²) >= 11 is 0. The molecule has 0 aliphatic carbocycles. The summed E-state index contributed by atoms with van der Waals surface area (Å²) in [7, 11) is 5.98. The second-order valence-electron chi connectivity index (χ2n) is 5.07. The lowest BCUT2D eigenvalue weighted by Gasteiger charge is -2.10. The minimum Gasteiger partial charge on any atom is -0.294 e. The van der Waals surface area contributed by atoms with Crippen molar-refractivity contribution in [1.29, 1.82) is 0 Å². The molecule has 0 saturated carbocycles. The van der Waals surface area contributed by atoms with Crippen molar-refractivity contribution >= 4 is 43.8 Å². The molecule has 0 bridgehead atoms. The van der Waals surface area contributed by atoms with Crippen LogP contribution >= 0.6 is 0 Å². The van der Waals surface area contributed by atoms with Crippen molar-refractivity contribution in [1.82, 2.24) is 4.57 Å². The van der Waals surface area contributed by atoms with Crippen LogP contribution in [0.1, 0.15) is 5.56 Å². The molecule has 26 heavy (non-hydrogen) atoms. The first-order chi connectivity index (χ1) is 12.6. The third kappa shape index (κ3) is 4.61. The maximum atomic E-state index is 5.98. The lowest BCUT2D eigenvalue weighted by atomic mass is 9.95. The average molecular weight is 338 g/mol. The maximum absolute atomic E-state index is 5.98. The van der Waals surface area contributed by atoms with E-state index in [1.54, 1.807) is 48.7 Å². The summed E-state index contributed by atoms with van der Waals surface area (Å²) in [6.07, 6.45) is 19.1. The van der Waals surface area contributed by atoms with Crippen LogP contribution in [-0.4, -0.2) is 18.6 Å². The van der Waals surface area contributed by atoms with Gasteiger partial charge in [0.25, 0.3) is 0 Å². The molecule has 3 heteroatoms. The fraction of sp³-hybridized carbons (Fsp3) is 0. The first-order valence-electron chi connectivity index (χ1n) is 7.99. The average Bonchev–Trinajstić information content (AvgIpc) is 2.92. The van der Waals surface area contributed by atoms with Gasteiger partial charge >= 0.3 is 0 Å². The molecule has 1 aromatic heterocycles. The van der Waals surface area contributed by atoms with Gasteiger partial charge in [0.15, 0.2) is 0 Å². The van der Waals surface area contributed by atoms with E-state index in [4.69, 9.17) is 7.85 Å². The predicted molar refractivity (Wildman–Crippen MR) is 120 cm³/mol. The molecule has 128 valence electrons. The van der Waals surface area contributed by atoms with E-state index in [0.717, 1.165) is 21.8 Å². The molecule has 2 nitrogen and oxygen atoms in total. The largest absolute Gasteiger partial charge is 0.294 e. The van der Waals surface area contributed by atoms with Crippen molar-refractivity contribution in [3.05, 3.63) is 104 Å². The fourth-order valence-corrected chi connectivity index (χ4v) is 2.43. The molecule has 1 rings (SSSR count). The third-order valence-corrected chi connectivity index (χ3v) is 3.42. The first-order valence-corrected chi connectivity index (χ1v) is 7.99. The van der Waals surface area contributed by atoms with Gasteiger partial charge in [-0.25, -0.2) is 4.99 Å². The standard InChI is InChI=1S/C23H23BN2/c1-7-13-19(17-18(24)11-5)26-22(15-9-3)21(14-8-2)20(12-6)23(26)25-16-10-4/h7-17H,1-6H2/b18-17+,19-13+,21-14-,22-15+,25-16?. The molecule has 0 fully saturated rings. The van der Waals surface area contributed by atoms with Gasteiger partial charge in [0.2, 0.25) is 0 Å². The number of aliphatic imine (C=N–C) groups is 1. The Balaban J connectivity index is 4.24. The van der Waals surface area contributed by atoms with Crippen molar-refractivity contribution in [2.24, 2.45) is 4.99 Å². The summed E-state index contributed by atoms with van der Waals surface area (Å²) in [5.41, 5.74) is 2.15. The van der Waals surface area contributed by atoms with Crippen LogP contribution in [0.5, 0.6) is 0 Å². The molecule has 0 aliphatic heterocycles. The Kier molecular flexibility index (Phi) is 8.38. The van der Waals surface area contributed by atoms with Crippen LogP contribution in [0.2, 0.25) is 0 Å². The van der Waals surface area contributed by atoms with Gasteiger partial charge in [0, 0.05) is 22.7 Å². The van der Waals surface area contributed by atoms with Gasteiger partial charge in [0.05, 0.1) is 5.35 Å². The molecule has 0 aromatic carbocycles. The molecule has 0 amide bonds. The number of rotatable bonds is 9. The molecule has 0 saturated heterocycles. The number of allylic oxidation sites excluding steroid dienone is 9. The monoisotopic (exact) mass is 338 g/mol. The highest BCUT2D eigenvalue weighted by Gasteiger charge is 2.13. The van der Waals surface area contributed by atoms with Gasteiger partial charge in [-0.2, -0.15) is 0 Å². The zero-order valence-corrected chi connectivity index (χ0v) is 15.1. The van der Waals surface area contributed by atoms with Crippen molar-refractivity contribution in [3.8, 4) is 0 Å². The van der Waals surface area contributed by atoms with Crippen LogP contribution < -0.4 is 10.6 Å². The van der Waals surface area contributed by atoms with E-state index in [9.17, 15) is 0 Å². The van der Waals surface area contributed by atoms with Crippen LogP contribution in [0.25, 0.3) is 23.9 Å². The number of nitrogens with zero attached hydrogens (tertiary/aromatic N) is 2. The van der Waals surface area contributed by atoms with Crippen LogP contribution in [0.4, 0.5) is 5.82 Å². The summed E-state index contributed by atoms with van der Waals surface area (Å²) < 4.78 is 1.95. The first kappa shape index (κ1) is 20.7. The number of hydrogen-bond donors (Lipinski definition) is 0. The van der Waals surface area contributed by atoms with Crippen LogP contribution in [0.15, 0.2) is 92.5 Å². The number of aromatic nitrogens is 1. The van der Waals surface area contributed by atoms with Crippen LogP contribution in [-0.2, 0) is 0 Å². The Morgan fingerprint density at radius 2 is 1.62 bits per heavy atom. The normalized spacial score (nSPS) is 13.7. The third-order valence-electron chi connectivity index (χ3n) is 3.42. The van der Waals surface area contributed by atoms with E-state index in [0.29, 0.717) is 11.3 Å². The van der Waals surface area contributed by atoms with Crippen molar-refractivity contribution < 1.29 is 0 Å². The molecular formula is C23H23BN2. The molecule has 0 atom stereocenters. The van der Waals surface area contributed by atoms with Gasteiger partial charge in [-0.05, 0) is 18.2 Å². The van der Waals surface area contributed by atoms with Crippen molar-refractivity contribution in [3.63, 3.8) is 0 Å². The SMILES string of the molecule is [B]/C(C=C)=C/C(=C\C=C)n1c(N=CC=C)c(C=C)c(=C/C=C)/c1=C\C=C. The van der Waals surface area contributed by atoms with E-state index in [1.165, 1.54) is 0 Å². The van der Waals surface area contributed by atoms with Gasteiger partial charge in [-0.1, -0.05) is 87.5 Å². The summed E-state index contributed by atoms with van der Waals surface area (Å²) in [6.45, 7) is 22.8. The van der Waals surface area contributed by atoms with E-state index >= 15 is 0 Å². The Morgan fingerprint density at radius 1 is 0.923 bits per heavy atom. The molecule has 0 unspecified atom stereocenters. The van der Waals surface area contributed by atoms with E-state index in [2.05, 4.69) is 44.5 Å². The van der Waals surface area contributed by atoms with E-state index in [1.807, 2.05) is 22.8 Å². The Bertz CT molecular complexity index is 947. The minimum atomic E-state index is 0.518. The van der Waals surface area contributed by atoms with Crippen molar-refractivity contribution in [2.45, 2.75) is 0 Å². The summed E-state index contributed by atoms with van der Waals surface area (Å²) in [4.78, 5) is 4.55. The summed E-state index contributed by atoms with van der Waals surface area (Å²) in [5, 5.41) is 1.79. The van der Waals surface area contributed by atoms with Crippen molar-refractivity contribution in [2.75, 3.05) is 0 Å². The van der Waals surface area contributed by atoms with Crippen LogP contribution in [0, 0.1) is 0 Å². The highest BCUT2D eigenvalue weighted by atomic mass is 15.1. The van der Waals surface area contributed by atoms with E-state index < -0.39 is 0 Å². The Morgan fingerprint density at radius 3 is 2.12 bits per heavy atom. The van der Waals surface area contributed by atoms with Gasteiger partial charge < -0.3 is 0 Å². The summed E-state index contributed by atoms with van der Waals surface area (Å²) in [5.74, 6) is 0.683. The lowest BCUT2D eigenvalue weighted by molar-refractivity contribution is 1.06. The molecule has 0 aliphatic rings. The molecule has 0 spiro atoms. The number of hydrogen-bond acceptors (Lipinski definition) is 1. The Labute approximate surface area is 157 Å². The van der Waals surface area contributed by atoms with Gasteiger partial charge in [-0.3, -0.25) is 4.57 Å². The second-order valence-corrected chi connectivity index (χ2v) is 5.07. The molecular weight excluding hydrogens is 315 g/mol. The molecule has 0 N–H and O–H groups in total. The maximum Gasteiger partial charge on any atom is 0.145 e. The highest BCUT2D eigenvalue weighted by molar-refractivity contribution is 6.24. The second kappa shape index (κ2) is 10.5. The minimum absolute atomic E-state index is 0.518. The van der Waals surface area contributed by atoms with E-state index in [-0.39, 0.29) is 0 Å². The molecule has 1 aromatic rings. The smallest absolute Gasteiger partial charge is 0.145 e. The summed E-state index contributed by atoms with van der Waals surface area (Å²) in [6, 6.07) is 0. The quantitative estimate of drug-likeness (QED) is 0.364. The van der Waals surface area contributed by atoms with Gasteiger partial charge in [0.1, 0.15) is 13.7 Å². The fourth-order valence-electron chi connectivity index (χ4n) is 2.43. The zero-order chi connectivity index (χ0) is 19.5. The Hall–Kier alpha value is -3.33. The highest BCUT2D eigenvalue weighted by Crippen LogP contribution is 2.22.